The molecule has 3 heterocycles. The zero-order chi connectivity index (χ0) is 47.4. The van der Waals surface area contributed by atoms with Crippen LogP contribution in [0.4, 0.5) is 9.59 Å². The third-order valence-electron chi connectivity index (χ3n) is 13.5. The first-order valence-electron chi connectivity index (χ1n) is 23.1. The number of imidazole rings is 2. The highest BCUT2D eigenvalue weighted by Gasteiger charge is 2.41. The smallest absolute Gasteiger partial charge is 0.407 e. The minimum Gasteiger partial charge on any atom is -0.453 e. The fourth-order valence-corrected chi connectivity index (χ4v) is 9.34. The van der Waals surface area contributed by atoms with Gasteiger partial charge in [-0.05, 0) is 76.4 Å². The van der Waals surface area contributed by atoms with Crippen LogP contribution in [0.15, 0.2) is 91.0 Å². The quantitative estimate of drug-likeness (QED) is 0.0628. The van der Waals surface area contributed by atoms with Crippen LogP contribution < -0.4 is 16.0 Å². The molecule has 350 valence electrons. The van der Waals surface area contributed by atoms with Crippen molar-refractivity contribution in [1.29, 1.82) is 0 Å². The van der Waals surface area contributed by atoms with Crippen molar-refractivity contribution in [2.75, 3.05) is 34.5 Å². The molecule has 5 N–H and O–H groups in total. The second kappa shape index (κ2) is 20.3. The highest BCUT2D eigenvalue weighted by Crippen LogP contribution is 2.39. The van der Waals surface area contributed by atoms with Crippen LogP contribution in [0.2, 0.25) is 0 Å². The SMILES string of the molecule is CC[C@H](C)C[C@H](NC(=O)[C@@H](NC(=O)OC)[C@@H](C)CC)c1nc2c(ccc3cc(-c4ccc5c(ccc6[nH]c([C@@H]7C[C@H](COC)CN7C(=O)[C@H](NC(=O)OC)c7ccccc7)nc65)c4)ccc32)[nH]1. The second-order valence-electron chi connectivity index (χ2n) is 17.9. The van der Waals surface area contributed by atoms with E-state index < -0.39 is 30.3 Å². The number of benzene rings is 5. The monoisotopic (exact) mass is 908 g/mol. The van der Waals surface area contributed by atoms with Crippen LogP contribution >= 0.6 is 0 Å². The summed E-state index contributed by atoms with van der Waals surface area (Å²) in [5.41, 5.74) is 6.09. The molecule has 8 rings (SSSR count). The van der Waals surface area contributed by atoms with Gasteiger partial charge in [0, 0.05) is 30.3 Å². The van der Waals surface area contributed by atoms with Crippen molar-refractivity contribution in [3.63, 3.8) is 0 Å². The summed E-state index contributed by atoms with van der Waals surface area (Å²) in [7, 11) is 4.23. The molecule has 15 heteroatoms. The number of carbonyl (C=O) groups is 4. The molecule has 2 aromatic heterocycles. The Hall–Kier alpha value is -7.00. The van der Waals surface area contributed by atoms with Crippen LogP contribution in [0.5, 0.6) is 0 Å². The Balaban J connectivity index is 1.07. The Kier molecular flexibility index (Phi) is 14.1. The fourth-order valence-electron chi connectivity index (χ4n) is 9.34. The number of amides is 4. The Labute approximate surface area is 389 Å². The minimum absolute atomic E-state index is 0.0685. The third-order valence-corrected chi connectivity index (χ3v) is 13.5. The van der Waals surface area contributed by atoms with Gasteiger partial charge in [0.05, 0.1) is 55.0 Å². The zero-order valence-corrected chi connectivity index (χ0v) is 39.1. The fraction of sp³-hybridized carbons (Fsp3) is 0.385. The maximum absolute atomic E-state index is 14.4. The van der Waals surface area contributed by atoms with Gasteiger partial charge in [-0.1, -0.05) is 107 Å². The number of methoxy groups -OCH3 is 3. The Morgan fingerprint density at radius 3 is 1.99 bits per heavy atom. The number of rotatable bonds is 16. The van der Waals surface area contributed by atoms with Gasteiger partial charge in [-0.2, -0.15) is 0 Å². The number of hydrogen-bond acceptors (Lipinski definition) is 9. The number of fused-ring (bicyclic) bond motifs is 6. The number of aromatic nitrogens is 4. The van der Waals surface area contributed by atoms with E-state index in [0.29, 0.717) is 55.5 Å². The lowest BCUT2D eigenvalue weighted by atomic mass is 9.96. The Morgan fingerprint density at radius 2 is 1.37 bits per heavy atom. The number of nitrogens with one attached hydrogen (secondary N) is 5. The van der Waals surface area contributed by atoms with E-state index in [0.717, 1.165) is 61.2 Å². The predicted octanol–water partition coefficient (Wildman–Crippen LogP) is 9.41. The molecule has 15 nitrogen and oxygen atoms in total. The van der Waals surface area contributed by atoms with E-state index in [4.69, 9.17) is 24.2 Å². The molecule has 7 aromatic rings. The van der Waals surface area contributed by atoms with E-state index in [9.17, 15) is 19.2 Å². The first-order valence-corrected chi connectivity index (χ1v) is 23.1. The highest BCUT2D eigenvalue weighted by atomic mass is 16.5. The number of hydrogen-bond donors (Lipinski definition) is 5. The molecule has 4 amide bonds. The van der Waals surface area contributed by atoms with Crippen molar-refractivity contribution >= 4 is 67.6 Å². The van der Waals surface area contributed by atoms with Crippen LogP contribution in [0.3, 0.4) is 0 Å². The topological polar surface area (TPSA) is 193 Å². The van der Waals surface area contributed by atoms with E-state index in [-0.39, 0.29) is 29.7 Å². The summed E-state index contributed by atoms with van der Waals surface area (Å²) in [6.45, 7) is 9.12. The van der Waals surface area contributed by atoms with Gasteiger partial charge in [0.2, 0.25) is 5.91 Å². The molecule has 5 aromatic carbocycles. The molecule has 1 aliphatic rings. The largest absolute Gasteiger partial charge is 0.453 e. The van der Waals surface area contributed by atoms with Crippen LogP contribution in [0, 0.1) is 17.8 Å². The number of alkyl carbamates (subject to hydrolysis) is 2. The van der Waals surface area contributed by atoms with Crippen molar-refractivity contribution in [2.45, 2.75) is 77.5 Å². The van der Waals surface area contributed by atoms with Gasteiger partial charge in [-0.25, -0.2) is 19.6 Å². The molecule has 1 saturated heterocycles. The Bertz CT molecular complexity index is 2910. The number of H-pyrrole nitrogens is 2. The summed E-state index contributed by atoms with van der Waals surface area (Å²) in [5.74, 6) is 1.07. The van der Waals surface area contributed by atoms with E-state index in [1.54, 1.807) is 12.0 Å². The predicted molar refractivity (Wildman–Crippen MR) is 259 cm³/mol. The van der Waals surface area contributed by atoms with Crippen LogP contribution in [-0.2, 0) is 23.8 Å². The van der Waals surface area contributed by atoms with Crippen molar-refractivity contribution in [3.8, 4) is 11.1 Å². The number of ether oxygens (including phenoxy) is 3. The first-order chi connectivity index (χ1) is 32.4. The van der Waals surface area contributed by atoms with Crippen molar-refractivity contribution < 1.29 is 33.4 Å². The van der Waals surface area contributed by atoms with Crippen molar-refractivity contribution in [1.82, 2.24) is 40.8 Å². The van der Waals surface area contributed by atoms with Gasteiger partial charge in [0.1, 0.15) is 23.7 Å². The van der Waals surface area contributed by atoms with Gasteiger partial charge in [-0.15, -0.1) is 0 Å². The van der Waals surface area contributed by atoms with Crippen LogP contribution in [0.25, 0.3) is 54.7 Å². The molecule has 0 bridgehead atoms. The zero-order valence-electron chi connectivity index (χ0n) is 39.1. The standard InChI is InChI=1S/C52H60N8O7/c1-8-29(3)23-41(55-49(61)43(30(4)9-2)58-51(63)66-6)47-53-39-21-17-35-25-33(15-19-37(35)45(39)56-47)34-16-20-38-36(26-34)18-22-40-46(38)57-48(54-40)42-24-31(28-65-5)27-60(42)50(62)44(59-52(64)67-7)32-13-11-10-12-14-32/h10-22,25-26,29-31,41-44H,8-9,23-24,27-28H2,1-7H3,(H,53,56)(H,54,57)(H,55,61)(H,58,63)(H,59,64)/t29-,30-,31-,41-,42-,43-,44+/m0/s1. The minimum atomic E-state index is -0.947. The molecule has 0 aliphatic carbocycles. The van der Waals surface area contributed by atoms with Crippen molar-refractivity contribution in [2.24, 2.45) is 17.8 Å². The average molecular weight is 909 g/mol. The van der Waals surface area contributed by atoms with Gasteiger partial charge < -0.3 is 45.0 Å². The lowest BCUT2D eigenvalue weighted by molar-refractivity contribution is -0.134. The van der Waals surface area contributed by atoms with E-state index in [1.165, 1.54) is 14.2 Å². The molecule has 67 heavy (non-hydrogen) atoms. The first kappa shape index (κ1) is 46.5. The summed E-state index contributed by atoms with van der Waals surface area (Å²) in [6, 6.07) is 27.7. The summed E-state index contributed by atoms with van der Waals surface area (Å²) < 4.78 is 15.3. The molecule has 1 fully saturated rings. The maximum atomic E-state index is 14.4. The third kappa shape index (κ3) is 9.78. The average Bonchev–Trinajstić information content (AvgIpc) is 4.11. The lowest BCUT2D eigenvalue weighted by Crippen LogP contribution is -2.51. The van der Waals surface area contributed by atoms with E-state index >= 15 is 0 Å². The van der Waals surface area contributed by atoms with Gasteiger partial charge >= 0.3 is 12.2 Å². The number of likely N-dealkylation sites (tertiary alicyclic amines) is 1. The summed E-state index contributed by atoms with van der Waals surface area (Å²) in [5, 5.41) is 12.7. The summed E-state index contributed by atoms with van der Waals surface area (Å²) >= 11 is 0. The number of carbonyl (C=O) groups excluding carboxylic acids is 4. The molecule has 0 spiro atoms. The van der Waals surface area contributed by atoms with Gasteiger partial charge in [0.15, 0.2) is 0 Å². The van der Waals surface area contributed by atoms with Crippen LogP contribution in [-0.4, -0.2) is 89.4 Å². The van der Waals surface area contributed by atoms with E-state index in [1.807, 2.05) is 56.3 Å². The molecule has 0 radical (unpaired) electrons. The Morgan fingerprint density at radius 1 is 0.746 bits per heavy atom. The molecule has 0 unspecified atom stereocenters. The highest BCUT2D eigenvalue weighted by molar-refractivity contribution is 6.07. The van der Waals surface area contributed by atoms with Gasteiger partial charge in [0.25, 0.3) is 5.91 Å². The van der Waals surface area contributed by atoms with E-state index in [2.05, 4.69) is 88.3 Å². The number of aromatic amines is 2. The molecule has 1 aliphatic heterocycles. The molecule has 0 saturated carbocycles. The summed E-state index contributed by atoms with van der Waals surface area (Å²) in [4.78, 5) is 71.9. The van der Waals surface area contributed by atoms with Crippen molar-refractivity contribution in [3.05, 3.63) is 108 Å². The normalized spacial score (nSPS) is 17.3. The molecule has 7 atom stereocenters. The lowest BCUT2D eigenvalue weighted by Gasteiger charge is -2.28. The molecular weight excluding hydrogens is 849 g/mol. The van der Waals surface area contributed by atoms with Gasteiger partial charge in [-0.3, -0.25) is 9.59 Å². The maximum Gasteiger partial charge on any atom is 0.407 e. The number of nitrogens with zero attached hydrogens (tertiary/aromatic N) is 3. The molecular formula is C52H60N8O7. The second-order valence-corrected chi connectivity index (χ2v) is 17.9. The summed E-state index contributed by atoms with van der Waals surface area (Å²) in [6.07, 6.45) is 1.60. The van der Waals surface area contributed by atoms with Crippen LogP contribution in [0.1, 0.15) is 88.7 Å².